The van der Waals surface area contributed by atoms with Crippen LogP contribution in [0.1, 0.15) is 28.9 Å². The first kappa shape index (κ1) is 17.4. The molecule has 6 heteroatoms. The first-order valence-electron chi connectivity index (χ1n) is 7.39. The van der Waals surface area contributed by atoms with Crippen molar-refractivity contribution in [2.45, 2.75) is 19.1 Å². The summed E-state index contributed by atoms with van der Waals surface area (Å²) in [6.07, 6.45) is 5.68. The Labute approximate surface area is 139 Å². The van der Waals surface area contributed by atoms with Crippen LogP contribution >= 0.6 is 0 Å². The molecule has 3 N–H and O–H groups in total. The number of aromatic nitrogens is 1. The van der Waals surface area contributed by atoms with E-state index in [0.29, 0.717) is 16.9 Å². The molecule has 1 heterocycles. The third kappa shape index (κ3) is 4.54. The number of rotatable bonds is 6. The normalized spacial score (nSPS) is 12.8. The van der Waals surface area contributed by atoms with E-state index in [4.69, 9.17) is 6.42 Å². The summed E-state index contributed by atoms with van der Waals surface area (Å²) in [4.78, 5) is 15.9. The van der Waals surface area contributed by atoms with Crippen molar-refractivity contribution in [1.82, 2.24) is 10.3 Å². The topological polar surface area (TPSA) is 74.2 Å². The highest BCUT2D eigenvalue weighted by atomic mass is 19.1. The van der Waals surface area contributed by atoms with E-state index in [2.05, 4.69) is 21.5 Å². The van der Waals surface area contributed by atoms with E-state index in [1.54, 1.807) is 19.1 Å². The second-order valence-electron chi connectivity index (χ2n) is 5.25. The van der Waals surface area contributed by atoms with Crippen molar-refractivity contribution in [1.29, 1.82) is 0 Å². The summed E-state index contributed by atoms with van der Waals surface area (Å²) in [6, 6.07) is 8.55. The zero-order chi connectivity index (χ0) is 17.5. The predicted molar refractivity (Wildman–Crippen MR) is 89.8 cm³/mol. The van der Waals surface area contributed by atoms with Gasteiger partial charge in [-0.25, -0.2) is 9.37 Å². The van der Waals surface area contributed by atoms with Crippen LogP contribution < -0.4 is 10.6 Å². The molecule has 2 atom stereocenters. The molecule has 24 heavy (non-hydrogen) atoms. The maximum atomic E-state index is 12.9. The van der Waals surface area contributed by atoms with Crippen LogP contribution in [0.5, 0.6) is 0 Å². The molecule has 2 rings (SSSR count). The van der Waals surface area contributed by atoms with Crippen LogP contribution in [0.3, 0.4) is 0 Å². The summed E-state index contributed by atoms with van der Waals surface area (Å²) in [6.45, 7) is 1.93. The number of carbonyl (C=O) groups excluding carboxylic acids is 1. The minimum atomic E-state index is -0.828. The Hall–Kier alpha value is -2.91. The zero-order valence-electron chi connectivity index (χ0n) is 13.2. The Morgan fingerprint density at radius 2 is 2.04 bits per heavy atom. The van der Waals surface area contributed by atoms with Gasteiger partial charge in [-0.3, -0.25) is 4.79 Å². The van der Waals surface area contributed by atoms with Gasteiger partial charge < -0.3 is 15.7 Å². The van der Waals surface area contributed by atoms with Gasteiger partial charge in [0.15, 0.2) is 0 Å². The lowest BCUT2D eigenvalue weighted by Gasteiger charge is -2.21. The molecule has 0 aliphatic rings. The molecule has 0 spiro atoms. The van der Waals surface area contributed by atoms with Crippen molar-refractivity contribution in [2.24, 2.45) is 0 Å². The number of hydrogen-bond donors (Lipinski definition) is 3. The Balaban J connectivity index is 1.98. The fourth-order valence-corrected chi connectivity index (χ4v) is 2.11. The summed E-state index contributed by atoms with van der Waals surface area (Å²) in [5.41, 5.74) is 0.990. The number of aliphatic hydroxyl groups is 1. The van der Waals surface area contributed by atoms with E-state index >= 15 is 0 Å². The molecule has 0 radical (unpaired) electrons. The predicted octanol–water partition coefficient (Wildman–Crippen LogP) is 2.12. The first-order chi connectivity index (χ1) is 11.5. The maximum Gasteiger partial charge on any atom is 0.253 e. The number of benzene rings is 1. The number of nitrogens with one attached hydrogen (secondary N) is 2. The molecule has 1 aromatic heterocycles. The van der Waals surface area contributed by atoms with Crippen LogP contribution in [0.4, 0.5) is 10.2 Å². The van der Waals surface area contributed by atoms with Gasteiger partial charge in [0, 0.05) is 6.20 Å². The summed E-state index contributed by atoms with van der Waals surface area (Å²) in [5, 5.41) is 15.9. The van der Waals surface area contributed by atoms with E-state index < -0.39 is 6.10 Å². The lowest BCUT2D eigenvalue weighted by atomic mass is 10.0. The maximum absolute atomic E-state index is 12.9. The summed E-state index contributed by atoms with van der Waals surface area (Å²) >= 11 is 0. The second kappa shape index (κ2) is 8.09. The standard InChI is InChI=1S/C18H18FN3O2/c1-3-10-20-18(24)14-6-9-16(21-11-14)22-12(2)17(23)13-4-7-15(19)8-5-13/h1,4-9,11-12,17,23H,10H2,2H3,(H,20,24)(H,21,22)/t12-,17+/m0/s1. The molecule has 0 bridgehead atoms. The van der Waals surface area contributed by atoms with E-state index in [0.717, 1.165) is 0 Å². The van der Waals surface area contributed by atoms with Crippen molar-refractivity contribution >= 4 is 11.7 Å². The van der Waals surface area contributed by atoms with Gasteiger partial charge in [0.05, 0.1) is 24.3 Å². The zero-order valence-corrected chi connectivity index (χ0v) is 13.2. The van der Waals surface area contributed by atoms with Crippen LogP contribution in [0.2, 0.25) is 0 Å². The molecule has 0 saturated carbocycles. The average molecular weight is 327 g/mol. The van der Waals surface area contributed by atoms with Gasteiger partial charge >= 0.3 is 0 Å². The summed E-state index contributed by atoms with van der Waals surface area (Å²) < 4.78 is 12.9. The van der Waals surface area contributed by atoms with E-state index in [-0.39, 0.29) is 24.3 Å². The van der Waals surface area contributed by atoms with Gasteiger partial charge in [0.2, 0.25) is 0 Å². The van der Waals surface area contributed by atoms with Crippen LogP contribution in [0.25, 0.3) is 0 Å². The van der Waals surface area contributed by atoms with Crippen molar-refractivity contribution in [2.75, 3.05) is 11.9 Å². The number of hydrogen-bond acceptors (Lipinski definition) is 4. The third-order valence-corrected chi connectivity index (χ3v) is 3.44. The number of amides is 1. The third-order valence-electron chi connectivity index (χ3n) is 3.44. The fraction of sp³-hybridized carbons (Fsp3) is 0.222. The van der Waals surface area contributed by atoms with Gasteiger partial charge in [-0.05, 0) is 36.8 Å². The quantitative estimate of drug-likeness (QED) is 0.711. The number of nitrogens with zero attached hydrogens (tertiary/aromatic N) is 1. The molecule has 0 aliphatic carbocycles. The molecule has 0 aliphatic heterocycles. The minimum Gasteiger partial charge on any atom is -0.386 e. The van der Waals surface area contributed by atoms with Crippen molar-refractivity contribution in [3.05, 3.63) is 59.5 Å². The van der Waals surface area contributed by atoms with E-state index in [1.165, 1.54) is 30.5 Å². The SMILES string of the molecule is C#CCNC(=O)c1ccc(N[C@@H](C)[C@@H](O)c2ccc(F)cc2)nc1. The molecule has 124 valence electrons. The highest BCUT2D eigenvalue weighted by Crippen LogP contribution is 2.20. The van der Waals surface area contributed by atoms with Crippen LogP contribution in [-0.4, -0.2) is 28.6 Å². The van der Waals surface area contributed by atoms with E-state index in [1.807, 2.05) is 0 Å². The molecule has 1 aromatic carbocycles. The number of halogens is 1. The largest absolute Gasteiger partial charge is 0.386 e. The highest BCUT2D eigenvalue weighted by Gasteiger charge is 2.17. The molecule has 1 amide bonds. The van der Waals surface area contributed by atoms with Gasteiger partial charge in [0.25, 0.3) is 5.91 Å². The number of terminal acetylenes is 1. The first-order valence-corrected chi connectivity index (χ1v) is 7.39. The number of anilines is 1. The van der Waals surface area contributed by atoms with Crippen molar-refractivity contribution < 1.29 is 14.3 Å². The molecule has 0 fully saturated rings. The lowest BCUT2D eigenvalue weighted by molar-refractivity contribution is 0.0958. The Morgan fingerprint density at radius 3 is 2.62 bits per heavy atom. The number of aliphatic hydroxyl groups excluding tert-OH is 1. The molecule has 2 aromatic rings. The van der Waals surface area contributed by atoms with E-state index in [9.17, 15) is 14.3 Å². The van der Waals surface area contributed by atoms with Gasteiger partial charge in [-0.15, -0.1) is 6.42 Å². The van der Waals surface area contributed by atoms with Gasteiger partial charge in [-0.1, -0.05) is 18.1 Å². The molecular weight excluding hydrogens is 309 g/mol. The monoisotopic (exact) mass is 327 g/mol. The van der Waals surface area contributed by atoms with Crippen molar-refractivity contribution in [3.63, 3.8) is 0 Å². The molecular formula is C18H18FN3O2. The number of carbonyl (C=O) groups is 1. The van der Waals surface area contributed by atoms with Crippen LogP contribution in [0, 0.1) is 18.2 Å². The molecule has 0 saturated heterocycles. The minimum absolute atomic E-state index is 0.153. The summed E-state index contributed by atoms with van der Waals surface area (Å²) in [7, 11) is 0. The fourth-order valence-electron chi connectivity index (χ4n) is 2.11. The second-order valence-corrected chi connectivity index (χ2v) is 5.25. The Kier molecular flexibility index (Phi) is 5.88. The average Bonchev–Trinajstić information content (AvgIpc) is 2.60. The molecule has 5 nitrogen and oxygen atoms in total. The Morgan fingerprint density at radius 1 is 1.33 bits per heavy atom. The van der Waals surface area contributed by atoms with Crippen LogP contribution in [0.15, 0.2) is 42.6 Å². The van der Waals surface area contributed by atoms with Gasteiger partial charge in [-0.2, -0.15) is 0 Å². The Bertz CT molecular complexity index is 723. The van der Waals surface area contributed by atoms with Crippen LogP contribution in [-0.2, 0) is 0 Å². The van der Waals surface area contributed by atoms with Gasteiger partial charge in [0.1, 0.15) is 11.6 Å². The lowest BCUT2D eigenvalue weighted by Crippen LogP contribution is -2.25. The van der Waals surface area contributed by atoms with Crippen molar-refractivity contribution in [3.8, 4) is 12.3 Å². The molecule has 0 unspecified atom stereocenters. The highest BCUT2D eigenvalue weighted by molar-refractivity contribution is 5.94. The smallest absolute Gasteiger partial charge is 0.253 e. The summed E-state index contributed by atoms with van der Waals surface area (Å²) in [5.74, 6) is 2.18. The number of pyridine rings is 1.